The van der Waals surface area contributed by atoms with E-state index in [0.29, 0.717) is 0 Å². The third-order valence-electron chi connectivity index (χ3n) is 3.12. The van der Waals surface area contributed by atoms with Crippen molar-refractivity contribution >= 4 is 25.1 Å². The molecule has 165 valence electrons. The van der Waals surface area contributed by atoms with Gasteiger partial charge in [0.05, 0.1) is 0 Å². The van der Waals surface area contributed by atoms with Crippen LogP contribution in [0.1, 0.15) is 13.3 Å². The third-order valence-corrected chi connectivity index (χ3v) is 4.59. The molecule has 6 N–H and O–H groups in total. The van der Waals surface area contributed by atoms with Gasteiger partial charge >= 0.3 is 59.1 Å². The van der Waals surface area contributed by atoms with Crippen molar-refractivity contribution in [3.05, 3.63) is 21.0 Å². The summed E-state index contributed by atoms with van der Waals surface area (Å²) >= 11 is 1.58. The van der Waals surface area contributed by atoms with E-state index in [9.17, 15) is 19.2 Å². The summed E-state index contributed by atoms with van der Waals surface area (Å²) in [5, 5.41) is 51.2. The first-order chi connectivity index (χ1) is 12.6. The average molecular weight is 537 g/mol. The Bertz CT molecular complexity index is 486. The molecule has 0 heterocycles. The molecule has 10 nitrogen and oxygen atoms in total. The van der Waals surface area contributed by atoms with Crippen molar-refractivity contribution in [3.8, 4) is 0 Å². The largest absolute Gasteiger partial charge is 1.00 e. The fraction of sp³-hybridized carbons (Fsp3) is 0.500. The van der Waals surface area contributed by atoms with Gasteiger partial charge in [0.2, 0.25) is 0 Å². The number of aliphatic hydroxyl groups is 6. The molecule has 13 heteroatoms. The van der Waals surface area contributed by atoms with Crippen molar-refractivity contribution in [2.24, 2.45) is 0 Å². The Hall–Kier alpha value is -0.617. The van der Waals surface area contributed by atoms with Crippen LogP contribution in [-0.2, 0) is 43.9 Å². The standard InChI is InChI=1S/C6H7.2C5H8O5.2ClH.Zr/c1-6-4-2-3-5-6;2*6-1-3(8)5(10)4(9)2-7;;;/h2,4H,3H2,1H3;2*1-5,8-10H;2*1H;/q;;;;;+2/p-2. The number of carbonyl (C=O) groups excluding carboxylic acids is 4. The summed E-state index contributed by atoms with van der Waals surface area (Å²) in [6.45, 7) is 2.17. The van der Waals surface area contributed by atoms with Gasteiger partial charge in [-0.3, -0.25) is 0 Å². The molecule has 4 atom stereocenters. The number of halogens is 2. The number of carbonyl (C=O) groups is 4. The fourth-order valence-electron chi connectivity index (χ4n) is 1.34. The summed E-state index contributed by atoms with van der Waals surface area (Å²) in [6, 6.07) is 0. The van der Waals surface area contributed by atoms with E-state index in [2.05, 4.69) is 19.1 Å². The van der Waals surface area contributed by atoms with E-state index < -0.39 is 36.6 Å². The van der Waals surface area contributed by atoms with Gasteiger partial charge in [0, 0.05) is 0 Å². The Labute approximate surface area is 195 Å². The molecule has 1 aliphatic carbocycles. The molecule has 0 aromatic rings. The predicted octanol–water partition coefficient (Wildman–Crippen LogP) is -9.29. The van der Waals surface area contributed by atoms with Crippen molar-refractivity contribution in [2.75, 3.05) is 0 Å². The third kappa shape index (κ3) is 15.8. The molecule has 0 spiro atoms. The average Bonchev–Trinajstić information content (AvgIpc) is 3.07. The van der Waals surface area contributed by atoms with Crippen molar-refractivity contribution in [1.29, 1.82) is 0 Å². The first-order valence-corrected chi connectivity index (χ1v) is 8.77. The van der Waals surface area contributed by atoms with E-state index in [-0.39, 0.29) is 50.0 Å². The minimum absolute atomic E-state index is 0. The Morgan fingerprint density at radius 1 is 0.759 bits per heavy atom. The topological polar surface area (TPSA) is 190 Å². The number of hydrogen-bond donors (Lipinski definition) is 6. The van der Waals surface area contributed by atoms with Gasteiger partial charge in [-0.25, -0.2) is 0 Å². The van der Waals surface area contributed by atoms with E-state index in [4.69, 9.17) is 30.6 Å². The van der Waals surface area contributed by atoms with Gasteiger partial charge in [-0.05, 0) is 0 Å². The molecule has 29 heavy (non-hydrogen) atoms. The SMILES string of the molecule is CC1=[C]([Zr+2])CC=C1.O=CC(O)C(O)C(O)C=O.O=CC(O)C(O)C(O)C=O.[Cl-].[Cl-]. The molecule has 0 aromatic heterocycles. The van der Waals surface area contributed by atoms with E-state index in [1.807, 2.05) is 0 Å². The second-order valence-electron chi connectivity index (χ2n) is 5.26. The van der Waals surface area contributed by atoms with Crippen molar-refractivity contribution in [1.82, 2.24) is 0 Å². The van der Waals surface area contributed by atoms with Crippen LogP contribution >= 0.6 is 0 Å². The van der Waals surface area contributed by atoms with Crippen LogP contribution in [0.3, 0.4) is 0 Å². The quantitative estimate of drug-likeness (QED) is 0.162. The zero-order chi connectivity index (χ0) is 21.6. The van der Waals surface area contributed by atoms with Crippen molar-refractivity contribution < 1.29 is 99.4 Å². The van der Waals surface area contributed by atoms with Crippen LogP contribution in [0.4, 0.5) is 0 Å². The number of rotatable bonds is 8. The normalized spacial score (nSPS) is 17.8. The molecule has 0 fully saturated rings. The smallest absolute Gasteiger partial charge is 0.151 e. The molecular formula is C16H23Cl2O10Zr. The first kappa shape index (κ1) is 35.8. The Kier molecular flexibility index (Phi) is 25.5. The van der Waals surface area contributed by atoms with Gasteiger partial charge in [-0.15, -0.1) is 0 Å². The van der Waals surface area contributed by atoms with Gasteiger partial charge in [0.25, 0.3) is 0 Å². The summed E-state index contributed by atoms with van der Waals surface area (Å²) in [4.78, 5) is 38.9. The Balaban J connectivity index is -0.000000158. The minimum Gasteiger partial charge on any atom is -1.00 e. The molecule has 0 aliphatic heterocycles. The summed E-state index contributed by atoms with van der Waals surface area (Å²) in [5.41, 5.74) is 1.48. The minimum atomic E-state index is -1.73. The van der Waals surface area contributed by atoms with Crippen molar-refractivity contribution in [2.45, 2.75) is 50.0 Å². The maximum Gasteiger partial charge on any atom is 0.151 e. The number of aldehydes is 4. The zero-order valence-electron chi connectivity index (χ0n) is 15.2. The van der Waals surface area contributed by atoms with Crippen LogP contribution < -0.4 is 24.8 Å². The van der Waals surface area contributed by atoms with Gasteiger partial charge in [0.15, 0.2) is 25.1 Å². The first-order valence-electron chi connectivity index (χ1n) is 7.54. The number of aliphatic hydroxyl groups excluding tert-OH is 6. The van der Waals surface area contributed by atoms with Gasteiger partial charge < -0.3 is 74.6 Å². The van der Waals surface area contributed by atoms with Gasteiger partial charge in [-0.1, -0.05) is 0 Å². The van der Waals surface area contributed by atoms with Crippen LogP contribution in [0, 0.1) is 0 Å². The number of allylic oxidation sites excluding steroid dienone is 4. The molecule has 0 radical (unpaired) electrons. The molecule has 1 aliphatic rings. The Morgan fingerprint density at radius 2 is 1.03 bits per heavy atom. The van der Waals surface area contributed by atoms with E-state index in [1.165, 1.54) is 12.0 Å². The molecule has 0 aromatic carbocycles. The second kappa shape index (κ2) is 20.6. The molecular weight excluding hydrogens is 514 g/mol. The predicted molar refractivity (Wildman–Crippen MR) is 86.8 cm³/mol. The van der Waals surface area contributed by atoms with Gasteiger partial charge in [0.1, 0.15) is 36.6 Å². The monoisotopic (exact) mass is 535 g/mol. The summed E-state index contributed by atoms with van der Waals surface area (Å²) < 4.78 is 1.60. The summed E-state index contributed by atoms with van der Waals surface area (Å²) in [6.07, 6.45) is -4.50. The van der Waals surface area contributed by atoms with E-state index in [1.54, 1.807) is 28.0 Å². The molecule has 0 saturated carbocycles. The zero-order valence-corrected chi connectivity index (χ0v) is 19.2. The van der Waals surface area contributed by atoms with Crippen LogP contribution in [-0.4, -0.2) is 92.4 Å². The molecule has 4 unspecified atom stereocenters. The number of hydrogen-bond acceptors (Lipinski definition) is 10. The van der Waals surface area contributed by atoms with E-state index in [0.717, 1.165) is 0 Å². The molecule has 0 amide bonds. The Morgan fingerprint density at radius 3 is 1.14 bits per heavy atom. The summed E-state index contributed by atoms with van der Waals surface area (Å²) in [7, 11) is 0. The molecule has 1 rings (SSSR count). The van der Waals surface area contributed by atoms with Crippen molar-refractivity contribution in [3.63, 3.8) is 0 Å². The molecule has 0 bridgehead atoms. The van der Waals surface area contributed by atoms with Crippen LogP contribution in [0.2, 0.25) is 0 Å². The van der Waals surface area contributed by atoms with Crippen LogP contribution in [0.25, 0.3) is 0 Å². The van der Waals surface area contributed by atoms with E-state index >= 15 is 0 Å². The summed E-state index contributed by atoms with van der Waals surface area (Å²) in [5.74, 6) is 0. The maximum absolute atomic E-state index is 9.73. The van der Waals surface area contributed by atoms with Crippen LogP contribution in [0.15, 0.2) is 21.0 Å². The fourth-order valence-corrected chi connectivity index (χ4v) is 1.84. The maximum atomic E-state index is 9.73. The molecule has 0 saturated heterocycles. The second-order valence-corrected chi connectivity index (χ2v) is 6.74. The van der Waals surface area contributed by atoms with Gasteiger partial charge in [-0.2, -0.15) is 0 Å². The van der Waals surface area contributed by atoms with Crippen LogP contribution in [0.5, 0.6) is 0 Å².